The van der Waals surface area contributed by atoms with Gasteiger partial charge in [-0.15, -0.1) is 0 Å². The molecular weight excluding hydrogens is 290 g/mol. The fourth-order valence-electron chi connectivity index (χ4n) is 2.77. The lowest BCUT2D eigenvalue weighted by Crippen LogP contribution is -2.37. The van der Waals surface area contributed by atoms with Gasteiger partial charge in [-0.3, -0.25) is 9.69 Å². The maximum Gasteiger partial charge on any atom is 0.238 e. The lowest BCUT2D eigenvalue weighted by Gasteiger charge is -2.23. The molecule has 1 aliphatic rings. The summed E-state index contributed by atoms with van der Waals surface area (Å²) in [6.45, 7) is 1.48. The third-order valence-corrected chi connectivity index (χ3v) is 4.07. The third kappa shape index (κ3) is 4.59. The molecule has 6 heteroatoms. The fourth-order valence-corrected chi connectivity index (χ4v) is 2.94. The summed E-state index contributed by atoms with van der Waals surface area (Å²) in [7, 11) is 0. The van der Waals surface area contributed by atoms with Crippen molar-refractivity contribution in [1.29, 1.82) is 0 Å². The number of carbonyl (C=O) groups excluding carboxylic acids is 1. The van der Waals surface area contributed by atoms with Crippen molar-refractivity contribution in [2.45, 2.75) is 31.7 Å². The van der Waals surface area contributed by atoms with Crippen molar-refractivity contribution in [2.75, 3.05) is 30.7 Å². The summed E-state index contributed by atoms with van der Waals surface area (Å²) >= 11 is 5.91. The van der Waals surface area contributed by atoms with Gasteiger partial charge in [-0.25, -0.2) is 0 Å². The standard InChI is InChI=1S/C15H22ClN3O2/c16-11-5-6-13(17)14(9-11)18-15(21)10-19-7-1-3-12(19)4-2-8-20/h5-6,9,12,20H,1-4,7-8,10,17H2,(H,18,21). The van der Waals surface area contributed by atoms with Crippen molar-refractivity contribution in [1.82, 2.24) is 4.90 Å². The third-order valence-electron chi connectivity index (χ3n) is 3.83. The molecule has 0 spiro atoms. The molecule has 21 heavy (non-hydrogen) atoms. The van der Waals surface area contributed by atoms with E-state index in [4.69, 9.17) is 22.4 Å². The number of carbonyl (C=O) groups is 1. The Morgan fingerprint density at radius 1 is 1.52 bits per heavy atom. The molecule has 1 fully saturated rings. The Morgan fingerprint density at radius 2 is 2.33 bits per heavy atom. The number of nitrogens with two attached hydrogens (primary N) is 1. The number of benzene rings is 1. The number of nitrogen functional groups attached to an aromatic ring is 1. The van der Waals surface area contributed by atoms with E-state index in [0.717, 1.165) is 32.2 Å². The molecule has 1 aromatic carbocycles. The predicted molar refractivity (Wildman–Crippen MR) is 85.4 cm³/mol. The molecule has 0 bridgehead atoms. The molecule has 116 valence electrons. The summed E-state index contributed by atoms with van der Waals surface area (Å²) in [5.41, 5.74) is 6.88. The Bertz CT molecular complexity index is 496. The Kier molecular flexibility index (Phi) is 5.85. The fraction of sp³-hybridized carbons (Fsp3) is 0.533. The molecule has 1 unspecified atom stereocenters. The van der Waals surface area contributed by atoms with Gasteiger partial charge in [0.15, 0.2) is 0 Å². The number of anilines is 2. The van der Waals surface area contributed by atoms with Crippen LogP contribution in [0.4, 0.5) is 11.4 Å². The minimum atomic E-state index is -0.0835. The lowest BCUT2D eigenvalue weighted by atomic mass is 10.1. The van der Waals surface area contributed by atoms with Gasteiger partial charge in [-0.1, -0.05) is 11.6 Å². The summed E-state index contributed by atoms with van der Waals surface area (Å²) in [5.74, 6) is -0.0835. The van der Waals surface area contributed by atoms with Gasteiger partial charge >= 0.3 is 0 Å². The monoisotopic (exact) mass is 311 g/mol. The van der Waals surface area contributed by atoms with Crippen molar-refractivity contribution in [3.63, 3.8) is 0 Å². The second-order valence-corrected chi connectivity index (χ2v) is 5.85. The number of amides is 1. The first-order chi connectivity index (χ1) is 10.1. The maximum absolute atomic E-state index is 12.2. The van der Waals surface area contributed by atoms with Gasteiger partial charge in [-0.2, -0.15) is 0 Å². The van der Waals surface area contributed by atoms with Crippen LogP contribution in [0.1, 0.15) is 25.7 Å². The highest BCUT2D eigenvalue weighted by atomic mass is 35.5. The smallest absolute Gasteiger partial charge is 0.238 e. The van der Waals surface area contributed by atoms with Crippen LogP contribution >= 0.6 is 11.6 Å². The molecule has 1 amide bonds. The summed E-state index contributed by atoms with van der Waals surface area (Å²) in [6, 6.07) is 5.41. The largest absolute Gasteiger partial charge is 0.397 e. The number of halogens is 1. The molecule has 4 N–H and O–H groups in total. The van der Waals surface area contributed by atoms with E-state index in [9.17, 15) is 4.79 Å². The Morgan fingerprint density at radius 3 is 3.10 bits per heavy atom. The average Bonchev–Trinajstić information content (AvgIpc) is 2.87. The van der Waals surface area contributed by atoms with E-state index in [1.165, 1.54) is 0 Å². The van der Waals surface area contributed by atoms with Crippen molar-refractivity contribution in [3.8, 4) is 0 Å². The number of hydrogen-bond donors (Lipinski definition) is 3. The van der Waals surface area contributed by atoms with Crippen LogP contribution in [0.3, 0.4) is 0 Å². The van der Waals surface area contributed by atoms with E-state index in [0.29, 0.717) is 29.0 Å². The topological polar surface area (TPSA) is 78.6 Å². The van der Waals surface area contributed by atoms with Crippen molar-refractivity contribution in [2.24, 2.45) is 0 Å². The van der Waals surface area contributed by atoms with Crippen LogP contribution in [0.5, 0.6) is 0 Å². The molecule has 0 saturated carbocycles. The van der Waals surface area contributed by atoms with Crippen LogP contribution in [0, 0.1) is 0 Å². The van der Waals surface area contributed by atoms with Gasteiger partial charge in [0.1, 0.15) is 0 Å². The SMILES string of the molecule is Nc1ccc(Cl)cc1NC(=O)CN1CCCC1CCCO. The first-order valence-electron chi connectivity index (χ1n) is 7.30. The molecule has 1 aromatic rings. The van der Waals surface area contributed by atoms with Crippen molar-refractivity contribution >= 4 is 28.9 Å². The molecule has 1 aliphatic heterocycles. The highest BCUT2D eigenvalue weighted by Crippen LogP contribution is 2.24. The molecule has 1 atom stereocenters. The predicted octanol–water partition coefficient (Wildman–Crippen LogP) is 2.10. The van der Waals surface area contributed by atoms with Gasteiger partial charge in [0.05, 0.1) is 17.9 Å². The highest BCUT2D eigenvalue weighted by molar-refractivity contribution is 6.31. The molecular formula is C15H22ClN3O2. The van der Waals surface area contributed by atoms with E-state index >= 15 is 0 Å². The van der Waals surface area contributed by atoms with E-state index in [1.54, 1.807) is 18.2 Å². The molecule has 2 rings (SSSR count). The average molecular weight is 312 g/mol. The second kappa shape index (κ2) is 7.64. The molecule has 1 heterocycles. The Hall–Kier alpha value is -1.30. The van der Waals surface area contributed by atoms with E-state index in [2.05, 4.69) is 10.2 Å². The van der Waals surface area contributed by atoms with Crippen LogP contribution in [0.25, 0.3) is 0 Å². The molecule has 0 aromatic heterocycles. The number of aliphatic hydroxyl groups excluding tert-OH is 1. The first kappa shape index (κ1) is 16.1. The number of hydrogen-bond acceptors (Lipinski definition) is 4. The van der Waals surface area contributed by atoms with E-state index < -0.39 is 0 Å². The maximum atomic E-state index is 12.2. The number of nitrogens with zero attached hydrogens (tertiary/aromatic N) is 1. The van der Waals surface area contributed by atoms with Gasteiger partial charge < -0.3 is 16.2 Å². The molecule has 0 radical (unpaired) electrons. The molecule has 1 saturated heterocycles. The zero-order chi connectivity index (χ0) is 15.2. The molecule has 5 nitrogen and oxygen atoms in total. The normalized spacial score (nSPS) is 18.9. The minimum Gasteiger partial charge on any atom is -0.397 e. The van der Waals surface area contributed by atoms with Crippen molar-refractivity contribution in [3.05, 3.63) is 23.2 Å². The van der Waals surface area contributed by atoms with Crippen LogP contribution in [0.15, 0.2) is 18.2 Å². The molecule has 0 aliphatic carbocycles. The van der Waals surface area contributed by atoms with Gasteiger partial charge in [0.25, 0.3) is 0 Å². The Balaban J connectivity index is 1.90. The summed E-state index contributed by atoms with van der Waals surface area (Å²) in [6.07, 6.45) is 3.91. The van der Waals surface area contributed by atoms with Crippen LogP contribution in [-0.2, 0) is 4.79 Å². The minimum absolute atomic E-state index is 0.0835. The second-order valence-electron chi connectivity index (χ2n) is 5.41. The summed E-state index contributed by atoms with van der Waals surface area (Å²) in [4.78, 5) is 14.3. The highest BCUT2D eigenvalue weighted by Gasteiger charge is 2.25. The van der Waals surface area contributed by atoms with Crippen molar-refractivity contribution < 1.29 is 9.90 Å². The number of likely N-dealkylation sites (tertiary alicyclic amines) is 1. The van der Waals surface area contributed by atoms with Crippen LogP contribution in [-0.4, -0.2) is 41.7 Å². The Labute approximate surface area is 130 Å². The zero-order valence-corrected chi connectivity index (χ0v) is 12.8. The first-order valence-corrected chi connectivity index (χ1v) is 7.67. The van der Waals surface area contributed by atoms with Crippen LogP contribution in [0.2, 0.25) is 5.02 Å². The summed E-state index contributed by atoms with van der Waals surface area (Å²) < 4.78 is 0. The summed E-state index contributed by atoms with van der Waals surface area (Å²) in [5, 5.41) is 12.3. The van der Waals surface area contributed by atoms with E-state index in [1.807, 2.05) is 0 Å². The van der Waals surface area contributed by atoms with Gasteiger partial charge in [0, 0.05) is 17.7 Å². The van der Waals surface area contributed by atoms with Gasteiger partial charge in [-0.05, 0) is 50.4 Å². The van der Waals surface area contributed by atoms with Gasteiger partial charge in [0.2, 0.25) is 5.91 Å². The zero-order valence-electron chi connectivity index (χ0n) is 12.0. The van der Waals surface area contributed by atoms with E-state index in [-0.39, 0.29) is 12.5 Å². The lowest BCUT2D eigenvalue weighted by molar-refractivity contribution is -0.117. The number of aliphatic hydroxyl groups is 1. The van der Waals surface area contributed by atoms with Crippen LogP contribution < -0.4 is 11.1 Å². The number of rotatable bonds is 6. The quantitative estimate of drug-likeness (QED) is 0.703. The number of nitrogens with one attached hydrogen (secondary N) is 1.